The Labute approximate surface area is 147 Å². The van der Waals surface area contributed by atoms with Crippen LogP contribution in [-0.2, 0) is 4.74 Å². The summed E-state index contributed by atoms with van der Waals surface area (Å²) in [7, 11) is 0. The number of rotatable bonds is 5. The monoisotopic (exact) mass is 327 g/mol. The van der Waals surface area contributed by atoms with Crippen LogP contribution in [0.25, 0.3) is 5.76 Å². The van der Waals surface area contributed by atoms with Crippen LogP contribution in [0.3, 0.4) is 0 Å². The SMILES string of the molecule is C=C(OCN)c1ccc(C2CCC(C3CCC(C)CC3)CC2)cc1. The van der Waals surface area contributed by atoms with E-state index in [2.05, 4.69) is 37.8 Å². The van der Waals surface area contributed by atoms with E-state index in [-0.39, 0.29) is 6.73 Å². The summed E-state index contributed by atoms with van der Waals surface area (Å²) in [5.41, 5.74) is 7.93. The van der Waals surface area contributed by atoms with Gasteiger partial charge in [-0.25, -0.2) is 0 Å². The van der Waals surface area contributed by atoms with Crippen molar-refractivity contribution in [3.63, 3.8) is 0 Å². The summed E-state index contributed by atoms with van der Waals surface area (Å²) < 4.78 is 5.29. The molecule has 2 saturated carbocycles. The Morgan fingerprint density at radius 3 is 2.04 bits per heavy atom. The van der Waals surface area contributed by atoms with Crippen molar-refractivity contribution in [2.45, 2.75) is 64.2 Å². The minimum Gasteiger partial charge on any atom is -0.479 e. The quantitative estimate of drug-likeness (QED) is 0.557. The molecule has 2 fully saturated rings. The average molecular weight is 328 g/mol. The van der Waals surface area contributed by atoms with Crippen molar-refractivity contribution in [3.8, 4) is 0 Å². The van der Waals surface area contributed by atoms with Gasteiger partial charge in [-0.2, -0.15) is 0 Å². The number of ether oxygens (including phenoxy) is 1. The maximum atomic E-state index is 5.41. The summed E-state index contributed by atoms with van der Waals surface area (Å²) in [6.45, 7) is 6.53. The summed E-state index contributed by atoms with van der Waals surface area (Å²) in [4.78, 5) is 0. The van der Waals surface area contributed by atoms with Gasteiger partial charge in [0.1, 0.15) is 12.5 Å². The fraction of sp³-hybridized carbons (Fsp3) is 0.636. The van der Waals surface area contributed by atoms with E-state index in [0.29, 0.717) is 5.76 Å². The highest BCUT2D eigenvalue weighted by Crippen LogP contribution is 2.43. The minimum absolute atomic E-state index is 0.185. The lowest BCUT2D eigenvalue weighted by atomic mass is 9.68. The molecule has 0 bridgehead atoms. The van der Waals surface area contributed by atoms with Gasteiger partial charge in [0.15, 0.2) is 0 Å². The van der Waals surface area contributed by atoms with E-state index in [1.165, 1.54) is 56.9 Å². The van der Waals surface area contributed by atoms with E-state index in [4.69, 9.17) is 10.5 Å². The predicted octanol–water partition coefficient (Wildman–Crippen LogP) is 5.69. The van der Waals surface area contributed by atoms with Crippen LogP contribution in [0.15, 0.2) is 30.8 Å². The molecule has 0 heterocycles. The van der Waals surface area contributed by atoms with Gasteiger partial charge in [0.2, 0.25) is 0 Å². The number of nitrogens with two attached hydrogens (primary N) is 1. The second-order valence-electron chi connectivity index (χ2n) is 7.99. The first-order valence-corrected chi connectivity index (χ1v) is 9.79. The molecule has 0 amide bonds. The lowest BCUT2D eigenvalue weighted by Gasteiger charge is -2.37. The van der Waals surface area contributed by atoms with E-state index in [0.717, 1.165) is 29.2 Å². The van der Waals surface area contributed by atoms with Crippen LogP contribution in [0.4, 0.5) is 0 Å². The molecule has 0 aliphatic heterocycles. The van der Waals surface area contributed by atoms with E-state index in [1.807, 2.05) is 0 Å². The van der Waals surface area contributed by atoms with Crippen molar-refractivity contribution in [3.05, 3.63) is 42.0 Å². The molecule has 0 radical (unpaired) electrons. The van der Waals surface area contributed by atoms with E-state index >= 15 is 0 Å². The second-order valence-corrected chi connectivity index (χ2v) is 7.99. The van der Waals surface area contributed by atoms with Crippen molar-refractivity contribution < 1.29 is 4.74 Å². The zero-order valence-electron chi connectivity index (χ0n) is 15.2. The molecule has 0 unspecified atom stereocenters. The van der Waals surface area contributed by atoms with Gasteiger partial charge in [-0.1, -0.05) is 50.6 Å². The molecule has 2 aliphatic carbocycles. The molecule has 2 heteroatoms. The molecule has 0 aromatic heterocycles. The third-order valence-electron chi connectivity index (χ3n) is 6.46. The minimum atomic E-state index is 0.185. The molecule has 0 saturated heterocycles. The molecule has 2 aliphatic rings. The molecule has 3 rings (SSSR count). The fourth-order valence-electron chi connectivity index (χ4n) is 4.81. The van der Waals surface area contributed by atoms with Gasteiger partial charge in [-0.3, -0.25) is 5.73 Å². The predicted molar refractivity (Wildman–Crippen MR) is 101 cm³/mol. The van der Waals surface area contributed by atoms with Crippen molar-refractivity contribution in [2.24, 2.45) is 23.5 Å². The molecule has 132 valence electrons. The van der Waals surface area contributed by atoms with Crippen LogP contribution in [0.2, 0.25) is 0 Å². The zero-order chi connectivity index (χ0) is 16.9. The Morgan fingerprint density at radius 1 is 0.958 bits per heavy atom. The summed E-state index contributed by atoms with van der Waals surface area (Å²) in [6.07, 6.45) is 11.4. The first kappa shape index (κ1) is 17.5. The van der Waals surface area contributed by atoms with Crippen molar-refractivity contribution in [1.29, 1.82) is 0 Å². The Bertz CT molecular complexity index is 519. The Balaban J connectivity index is 1.52. The van der Waals surface area contributed by atoms with Gasteiger partial charge >= 0.3 is 0 Å². The van der Waals surface area contributed by atoms with Crippen LogP contribution in [0, 0.1) is 17.8 Å². The van der Waals surface area contributed by atoms with Crippen LogP contribution < -0.4 is 5.73 Å². The lowest BCUT2D eigenvalue weighted by molar-refractivity contribution is 0.165. The zero-order valence-corrected chi connectivity index (χ0v) is 15.2. The van der Waals surface area contributed by atoms with Gasteiger partial charge < -0.3 is 4.74 Å². The number of benzene rings is 1. The Hall–Kier alpha value is -1.28. The fourth-order valence-corrected chi connectivity index (χ4v) is 4.81. The van der Waals surface area contributed by atoms with Gasteiger partial charge in [-0.05, 0) is 67.8 Å². The van der Waals surface area contributed by atoms with E-state index in [9.17, 15) is 0 Å². The molecule has 0 spiro atoms. The van der Waals surface area contributed by atoms with Crippen LogP contribution in [0.1, 0.15) is 75.3 Å². The Kier molecular flexibility index (Phi) is 5.99. The maximum Gasteiger partial charge on any atom is 0.137 e. The van der Waals surface area contributed by atoms with Gasteiger partial charge in [-0.15, -0.1) is 0 Å². The molecular weight excluding hydrogens is 294 g/mol. The highest BCUT2D eigenvalue weighted by Gasteiger charge is 2.30. The first-order valence-electron chi connectivity index (χ1n) is 9.79. The summed E-state index contributed by atoms with van der Waals surface area (Å²) in [5, 5.41) is 0. The number of hydrogen-bond donors (Lipinski definition) is 1. The maximum absolute atomic E-state index is 5.41. The van der Waals surface area contributed by atoms with Crippen LogP contribution >= 0.6 is 0 Å². The third-order valence-corrected chi connectivity index (χ3v) is 6.46. The molecule has 24 heavy (non-hydrogen) atoms. The summed E-state index contributed by atoms with van der Waals surface area (Å²) >= 11 is 0. The van der Waals surface area contributed by atoms with Crippen LogP contribution in [-0.4, -0.2) is 6.73 Å². The molecule has 2 N–H and O–H groups in total. The Morgan fingerprint density at radius 2 is 1.50 bits per heavy atom. The normalized spacial score (nSPS) is 30.8. The highest BCUT2D eigenvalue weighted by molar-refractivity contribution is 5.57. The van der Waals surface area contributed by atoms with E-state index in [1.54, 1.807) is 0 Å². The molecule has 0 atom stereocenters. The molecule has 1 aromatic rings. The smallest absolute Gasteiger partial charge is 0.137 e. The standard InChI is InChI=1S/C22H33NO/c1-16-3-5-19(6-4-16)21-11-13-22(14-12-21)20-9-7-18(8-10-20)17(2)24-15-23/h7-10,16,19,21-22H,2-6,11-15,23H2,1H3. The van der Waals surface area contributed by atoms with Crippen LogP contribution in [0.5, 0.6) is 0 Å². The highest BCUT2D eigenvalue weighted by atomic mass is 16.5. The molecule has 1 aromatic carbocycles. The van der Waals surface area contributed by atoms with Gasteiger partial charge in [0, 0.05) is 5.56 Å². The van der Waals surface area contributed by atoms with Crippen molar-refractivity contribution in [2.75, 3.05) is 6.73 Å². The van der Waals surface area contributed by atoms with E-state index < -0.39 is 0 Å². The number of hydrogen-bond acceptors (Lipinski definition) is 2. The third kappa shape index (κ3) is 4.22. The molecule has 2 nitrogen and oxygen atoms in total. The van der Waals surface area contributed by atoms with Gasteiger partial charge in [0.05, 0.1) is 0 Å². The van der Waals surface area contributed by atoms with Crippen molar-refractivity contribution in [1.82, 2.24) is 0 Å². The topological polar surface area (TPSA) is 35.2 Å². The second kappa shape index (κ2) is 8.20. The van der Waals surface area contributed by atoms with Crippen molar-refractivity contribution >= 4 is 5.76 Å². The molecular formula is C22H33NO. The summed E-state index contributed by atoms with van der Waals surface area (Å²) in [5.74, 6) is 4.38. The largest absolute Gasteiger partial charge is 0.479 e. The average Bonchev–Trinajstić information content (AvgIpc) is 2.63. The lowest BCUT2D eigenvalue weighted by Crippen LogP contribution is -2.24. The van der Waals surface area contributed by atoms with Gasteiger partial charge in [0.25, 0.3) is 0 Å². The summed E-state index contributed by atoms with van der Waals surface area (Å²) in [6, 6.07) is 8.77. The first-order chi connectivity index (χ1) is 11.7.